The summed E-state index contributed by atoms with van der Waals surface area (Å²) >= 11 is 0. The standard InChI is InChI=1S/C21H22N2O5S/c1-22(14-7-5-4-6-8-14)20(25)18-19(24)16-13-15(29(27)12-11-28-3)9-10-17(16)23(2)21(18)26/h4-10,13,24H,11-12H2,1-3H3. The second-order valence-electron chi connectivity index (χ2n) is 6.51. The van der Waals surface area contributed by atoms with Gasteiger partial charge in [0.25, 0.3) is 11.5 Å². The molecule has 0 aliphatic rings. The molecule has 1 aromatic heterocycles. The number of nitrogens with zero attached hydrogens (tertiary/aromatic N) is 2. The summed E-state index contributed by atoms with van der Waals surface area (Å²) in [6.07, 6.45) is 0. The summed E-state index contributed by atoms with van der Waals surface area (Å²) in [4.78, 5) is 27.6. The molecule has 2 aromatic carbocycles. The van der Waals surface area contributed by atoms with Crippen molar-refractivity contribution in [2.24, 2.45) is 7.05 Å². The molecule has 1 atom stereocenters. The Balaban J connectivity index is 2.13. The van der Waals surface area contributed by atoms with Crippen LogP contribution in [-0.2, 0) is 22.6 Å². The van der Waals surface area contributed by atoms with Crippen molar-refractivity contribution in [3.8, 4) is 5.75 Å². The van der Waals surface area contributed by atoms with E-state index in [1.54, 1.807) is 42.5 Å². The van der Waals surface area contributed by atoms with E-state index in [1.807, 2.05) is 6.07 Å². The molecule has 0 bridgehead atoms. The normalized spacial score (nSPS) is 12.1. The van der Waals surface area contributed by atoms with Crippen LogP contribution in [0, 0.1) is 0 Å². The molecular weight excluding hydrogens is 392 g/mol. The Kier molecular flexibility index (Phi) is 6.14. The number of fused-ring (bicyclic) bond motifs is 1. The van der Waals surface area contributed by atoms with Crippen LogP contribution in [-0.4, -0.2) is 46.3 Å². The minimum atomic E-state index is -1.33. The Morgan fingerprint density at radius 2 is 1.90 bits per heavy atom. The van der Waals surface area contributed by atoms with E-state index >= 15 is 0 Å². The van der Waals surface area contributed by atoms with Crippen molar-refractivity contribution in [3.05, 3.63) is 64.4 Å². The van der Waals surface area contributed by atoms with Gasteiger partial charge in [0.15, 0.2) is 0 Å². The van der Waals surface area contributed by atoms with Gasteiger partial charge in [-0.3, -0.25) is 13.8 Å². The maximum absolute atomic E-state index is 13.0. The van der Waals surface area contributed by atoms with Crippen molar-refractivity contribution in [1.29, 1.82) is 0 Å². The number of rotatable bonds is 6. The summed E-state index contributed by atoms with van der Waals surface area (Å²) in [6.45, 7) is 0.329. The Morgan fingerprint density at radius 1 is 1.21 bits per heavy atom. The number of ether oxygens (including phenoxy) is 1. The predicted molar refractivity (Wildman–Crippen MR) is 113 cm³/mol. The highest BCUT2D eigenvalue weighted by Crippen LogP contribution is 2.29. The monoisotopic (exact) mass is 414 g/mol. The lowest BCUT2D eigenvalue weighted by Gasteiger charge is -2.19. The van der Waals surface area contributed by atoms with Crippen molar-refractivity contribution >= 4 is 33.3 Å². The van der Waals surface area contributed by atoms with Crippen molar-refractivity contribution in [2.45, 2.75) is 4.90 Å². The molecule has 3 aromatic rings. The number of carbonyl (C=O) groups excluding carboxylic acids is 1. The van der Waals surface area contributed by atoms with Gasteiger partial charge in [-0.15, -0.1) is 0 Å². The van der Waals surface area contributed by atoms with E-state index in [0.29, 0.717) is 33.8 Å². The predicted octanol–water partition coefficient (Wildman–Crippen LogP) is 2.27. The molecule has 29 heavy (non-hydrogen) atoms. The number of aryl methyl sites for hydroxylation is 1. The second-order valence-corrected chi connectivity index (χ2v) is 8.08. The van der Waals surface area contributed by atoms with Crippen LogP contribution in [0.3, 0.4) is 0 Å². The maximum Gasteiger partial charge on any atom is 0.267 e. The first-order valence-corrected chi connectivity index (χ1v) is 10.2. The number of hydrogen-bond donors (Lipinski definition) is 1. The Hall–Kier alpha value is -2.97. The minimum absolute atomic E-state index is 0.292. The van der Waals surface area contributed by atoms with E-state index in [9.17, 15) is 18.9 Å². The number of methoxy groups -OCH3 is 1. The van der Waals surface area contributed by atoms with Crippen LogP contribution >= 0.6 is 0 Å². The molecule has 0 aliphatic carbocycles. The number of benzene rings is 2. The van der Waals surface area contributed by atoms with Gasteiger partial charge in [-0.05, 0) is 30.3 Å². The van der Waals surface area contributed by atoms with Gasteiger partial charge < -0.3 is 19.3 Å². The third-order valence-corrected chi connectivity index (χ3v) is 6.05. The zero-order valence-corrected chi connectivity index (χ0v) is 17.2. The number of carbonyl (C=O) groups is 1. The van der Waals surface area contributed by atoms with E-state index in [4.69, 9.17) is 4.74 Å². The Bertz CT molecular complexity index is 1140. The van der Waals surface area contributed by atoms with Crippen LogP contribution in [0.15, 0.2) is 58.2 Å². The maximum atomic E-state index is 13.0. The lowest BCUT2D eigenvalue weighted by atomic mass is 10.1. The smallest absolute Gasteiger partial charge is 0.267 e. The minimum Gasteiger partial charge on any atom is -0.506 e. The molecule has 0 saturated carbocycles. The van der Waals surface area contributed by atoms with E-state index in [2.05, 4.69) is 0 Å². The number of anilines is 1. The van der Waals surface area contributed by atoms with Gasteiger partial charge in [0, 0.05) is 37.2 Å². The fourth-order valence-electron chi connectivity index (χ4n) is 3.06. The highest BCUT2D eigenvalue weighted by molar-refractivity contribution is 7.85. The van der Waals surface area contributed by atoms with E-state index < -0.39 is 28.0 Å². The molecule has 1 amide bonds. The Labute approximate surface area is 170 Å². The zero-order chi connectivity index (χ0) is 21.1. The number of aromatic hydroxyl groups is 1. The van der Waals surface area contributed by atoms with Crippen LogP contribution in [0.1, 0.15) is 10.4 Å². The molecule has 8 heteroatoms. The molecule has 0 spiro atoms. The van der Waals surface area contributed by atoms with Gasteiger partial charge >= 0.3 is 0 Å². The largest absolute Gasteiger partial charge is 0.506 e. The molecule has 0 aliphatic heterocycles. The van der Waals surface area contributed by atoms with Crippen LogP contribution in [0.25, 0.3) is 10.9 Å². The van der Waals surface area contributed by atoms with Crippen molar-refractivity contribution in [2.75, 3.05) is 31.4 Å². The molecular formula is C21H22N2O5S. The third-order valence-electron chi connectivity index (χ3n) is 4.74. The summed E-state index contributed by atoms with van der Waals surface area (Å²) in [5.74, 6) is -0.736. The first-order chi connectivity index (χ1) is 13.9. The zero-order valence-electron chi connectivity index (χ0n) is 16.4. The number of aromatic nitrogens is 1. The molecule has 152 valence electrons. The summed E-state index contributed by atoms with van der Waals surface area (Å²) in [5.41, 5.74) is 0.106. The van der Waals surface area contributed by atoms with Gasteiger partial charge in [0.1, 0.15) is 11.3 Å². The van der Waals surface area contributed by atoms with Crippen molar-refractivity contribution in [3.63, 3.8) is 0 Å². The van der Waals surface area contributed by atoms with Gasteiger partial charge in [-0.1, -0.05) is 18.2 Å². The third kappa shape index (κ3) is 3.94. The second kappa shape index (κ2) is 8.59. The van der Waals surface area contributed by atoms with Crippen LogP contribution in [0.2, 0.25) is 0 Å². The first-order valence-electron chi connectivity index (χ1n) is 8.93. The molecule has 0 saturated heterocycles. The summed E-state index contributed by atoms with van der Waals surface area (Å²) in [7, 11) is 3.27. The van der Waals surface area contributed by atoms with Crippen LogP contribution in [0.4, 0.5) is 5.69 Å². The van der Waals surface area contributed by atoms with Gasteiger partial charge in [-0.25, -0.2) is 0 Å². The van der Waals surface area contributed by atoms with Gasteiger partial charge in [-0.2, -0.15) is 0 Å². The van der Waals surface area contributed by atoms with Gasteiger partial charge in [0.2, 0.25) is 0 Å². The first kappa shape index (κ1) is 20.8. The molecule has 1 unspecified atom stereocenters. The fraction of sp³-hybridized carbons (Fsp3) is 0.238. The number of hydrogen-bond acceptors (Lipinski definition) is 5. The lowest BCUT2D eigenvalue weighted by Crippen LogP contribution is -2.34. The molecule has 3 rings (SSSR count). The summed E-state index contributed by atoms with van der Waals surface area (Å²) in [5, 5.41) is 11.1. The Morgan fingerprint density at radius 3 is 2.55 bits per heavy atom. The van der Waals surface area contributed by atoms with E-state index in [0.717, 1.165) is 0 Å². The quantitative estimate of drug-likeness (QED) is 0.669. The summed E-state index contributed by atoms with van der Waals surface area (Å²) < 4.78 is 18.7. The fourth-order valence-corrected chi connectivity index (χ4v) is 4.08. The highest BCUT2D eigenvalue weighted by Gasteiger charge is 2.25. The topological polar surface area (TPSA) is 88.8 Å². The van der Waals surface area contributed by atoms with Crippen LogP contribution in [0.5, 0.6) is 5.75 Å². The average molecular weight is 414 g/mol. The van der Waals surface area contributed by atoms with Crippen molar-refractivity contribution < 1.29 is 18.8 Å². The molecule has 7 nitrogen and oxygen atoms in total. The molecule has 0 radical (unpaired) electrons. The van der Waals surface area contributed by atoms with Crippen molar-refractivity contribution in [1.82, 2.24) is 4.57 Å². The SMILES string of the molecule is COCCS(=O)c1ccc2c(c1)c(O)c(C(=O)N(C)c1ccccc1)c(=O)n2C. The number of pyridine rings is 1. The van der Waals surface area contributed by atoms with E-state index in [1.165, 1.54) is 30.7 Å². The average Bonchev–Trinajstić information content (AvgIpc) is 2.75. The molecule has 0 fully saturated rings. The van der Waals surface area contributed by atoms with E-state index in [-0.39, 0.29) is 5.56 Å². The molecule has 1 N–H and O–H groups in total. The van der Waals surface area contributed by atoms with Crippen LogP contribution < -0.4 is 10.5 Å². The summed E-state index contributed by atoms with van der Waals surface area (Å²) in [6, 6.07) is 13.7. The number of amides is 1. The number of para-hydroxylation sites is 1. The highest BCUT2D eigenvalue weighted by atomic mass is 32.2. The lowest BCUT2D eigenvalue weighted by molar-refractivity contribution is 0.0988. The van der Waals surface area contributed by atoms with Gasteiger partial charge in [0.05, 0.1) is 28.7 Å². The molecule has 1 heterocycles.